The van der Waals surface area contributed by atoms with E-state index in [2.05, 4.69) is 11.8 Å². The first-order valence-electron chi connectivity index (χ1n) is 6.22. The Morgan fingerprint density at radius 3 is 2.67 bits per heavy atom. The third-order valence-electron chi connectivity index (χ3n) is 2.63. The normalized spacial score (nSPS) is 9.50. The van der Waals surface area contributed by atoms with E-state index in [0.717, 1.165) is 5.56 Å². The molecule has 0 radical (unpaired) electrons. The Morgan fingerprint density at radius 1 is 1.33 bits per heavy atom. The van der Waals surface area contributed by atoms with Gasteiger partial charge in [0.2, 0.25) is 0 Å². The molecule has 0 unspecified atom stereocenters. The number of carbonyl (C=O) groups is 1. The van der Waals surface area contributed by atoms with Gasteiger partial charge in [-0.3, -0.25) is 4.79 Å². The molecule has 3 heteroatoms. The predicted octanol–water partition coefficient (Wildman–Crippen LogP) is 1.90. The van der Waals surface area contributed by atoms with E-state index in [1.807, 2.05) is 26.0 Å². The fourth-order valence-electron chi connectivity index (χ4n) is 1.64. The zero-order chi connectivity index (χ0) is 13.4. The van der Waals surface area contributed by atoms with Crippen LogP contribution in [0.3, 0.4) is 0 Å². The SMILES string of the molecule is CCN(CC)C(=O)c1cccc(C#CCCO)c1. The number of carbonyl (C=O) groups excluding carboxylic acids is 1. The van der Waals surface area contributed by atoms with Gasteiger partial charge in [-0.2, -0.15) is 0 Å². The molecule has 1 aromatic carbocycles. The molecule has 1 N–H and O–H groups in total. The van der Waals surface area contributed by atoms with Crippen molar-refractivity contribution in [2.24, 2.45) is 0 Å². The van der Waals surface area contributed by atoms with Crippen LogP contribution in [-0.2, 0) is 0 Å². The minimum absolute atomic E-state index is 0.0332. The third-order valence-corrected chi connectivity index (χ3v) is 2.63. The molecular formula is C15H19NO2. The van der Waals surface area contributed by atoms with Crippen molar-refractivity contribution in [3.05, 3.63) is 35.4 Å². The minimum Gasteiger partial charge on any atom is -0.395 e. The maximum Gasteiger partial charge on any atom is 0.253 e. The molecule has 1 aromatic rings. The summed E-state index contributed by atoms with van der Waals surface area (Å²) in [7, 11) is 0. The van der Waals surface area contributed by atoms with Crippen LogP contribution in [0.15, 0.2) is 24.3 Å². The highest BCUT2D eigenvalue weighted by atomic mass is 16.2. The Bertz CT molecular complexity index is 453. The second-order valence-electron chi connectivity index (χ2n) is 3.83. The van der Waals surface area contributed by atoms with Crippen LogP contribution in [0.1, 0.15) is 36.2 Å². The average Bonchev–Trinajstić information content (AvgIpc) is 2.41. The molecule has 1 amide bonds. The highest BCUT2D eigenvalue weighted by molar-refractivity contribution is 5.94. The monoisotopic (exact) mass is 245 g/mol. The summed E-state index contributed by atoms with van der Waals surface area (Å²) in [4.78, 5) is 13.9. The second-order valence-corrected chi connectivity index (χ2v) is 3.83. The van der Waals surface area contributed by atoms with Crippen LogP contribution in [0, 0.1) is 11.8 Å². The van der Waals surface area contributed by atoms with Crippen molar-refractivity contribution in [3.63, 3.8) is 0 Å². The van der Waals surface area contributed by atoms with E-state index in [-0.39, 0.29) is 12.5 Å². The number of benzene rings is 1. The molecule has 0 saturated heterocycles. The number of hydrogen-bond acceptors (Lipinski definition) is 2. The van der Waals surface area contributed by atoms with Crippen molar-refractivity contribution in [3.8, 4) is 11.8 Å². The maximum atomic E-state index is 12.1. The molecule has 1 rings (SSSR count). The first-order chi connectivity index (χ1) is 8.72. The fraction of sp³-hybridized carbons (Fsp3) is 0.400. The summed E-state index contributed by atoms with van der Waals surface area (Å²) in [6.07, 6.45) is 0.453. The lowest BCUT2D eigenvalue weighted by atomic mass is 10.1. The first-order valence-corrected chi connectivity index (χ1v) is 6.22. The summed E-state index contributed by atoms with van der Waals surface area (Å²) in [6.45, 7) is 5.40. The molecule has 0 heterocycles. The molecule has 0 atom stereocenters. The van der Waals surface area contributed by atoms with Crippen molar-refractivity contribution in [2.75, 3.05) is 19.7 Å². The van der Waals surface area contributed by atoms with Gasteiger partial charge >= 0.3 is 0 Å². The summed E-state index contributed by atoms with van der Waals surface area (Å²) in [6, 6.07) is 7.30. The Hall–Kier alpha value is -1.79. The Morgan fingerprint density at radius 2 is 2.06 bits per heavy atom. The number of aliphatic hydroxyl groups excluding tert-OH is 1. The van der Waals surface area contributed by atoms with Gasteiger partial charge in [0.1, 0.15) is 0 Å². The molecule has 0 aliphatic heterocycles. The largest absolute Gasteiger partial charge is 0.395 e. The molecule has 0 saturated carbocycles. The van der Waals surface area contributed by atoms with Gasteiger partial charge in [0, 0.05) is 30.6 Å². The highest BCUT2D eigenvalue weighted by Crippen LogP contribution is 2.08. The fourth-order valence-corrected chi connectivity index (χ4v) is 1.64. The Balaban J connectivity index is 2.88. The second kappa shape index (κ2) is 7.52. The molecule has 0 bridgehead atoms. The van der Waals surface area contributed by atoms with Crippen molar-refractivity contribution < 1.29 is 9.90 Å². The summed E-state index contributed by atoms with van der Waals surface area (Å²) in [5.74, 6) is 5.82. The van der Waals surface area contributed by atoms with Crippen LogP contribution >= 0.6 is 0 Å². The maximum absolute atomic E-state index is 12.1. The van der Waals surface area contributed by atoms with E-state index >= 15 is 0 Å². The lowest BCUT2D eigenvalue weighted by Crippen LogP contribution is -2.30. The van der Waals surface area contributed by atoms with Gasteiger partial charge in [0.05, 0.1) is 6.61 Å². The van der Waals surface area contributed by atoms with Gasteiger partial charge in [-0.05, 0) is 32.0 Å². The molecule has 18 heavy (non-hydrogen) atoms. The minimum atomic E-state index is 0.0332. The molecule has 0 aromatic heterocycles. The summed E-state index contributed by atoms with van der Waals surface area (Å²) >= 11 is 0. The van der Waals surface area contributed by atoms with E-state index in [0.29, 0.717) is 25.1 Å². The quantitative estimate of drug-likeness (QED) is 0.823. The van der Waals surface area contributed by atoms with E-state index in [1.165, 1.54) is 0 Å². The molecule has 0 fully saturated rings. The van der Waals surface area contributed by atoms with Crippen LogP contribution in [-0.4, -0.2) is 35.6 Å². The van der Waals surface area contributed by atoms with E-state index in [1.54, 1.807) is 17.0 Å². The number of hydrogen-bond donors (Lipinski definition) is 1. The van der Waals surface area contributed by atoms with Gasteiger partial charge in [-0.1, -0.05) is 17.9 Å². The first kappa shape index (κ1) is 14.3. The van der Waals surface area contributed by atoms with Gasteiger partial charge in [-0.25, -0.2) is 0 Å². The molecule has 3 nitrogen and oxygen atoms in total. The van der Waals surface area contributed by atoms with Crippen LogP contribution in [0.25, 0.3) is 0 Å². The van der Waals surface area contributed by atoms with Gasteiger partial charge in [0.15, 0.2) is 0 Å². The number of aliphatic hydroxyl groups is 1. The lowest BCUT2D eigenvalue weighted by Gasteiger charge is -2.18. The predicted molar refractivity (Wildman–Crippen MR) is 72.3 cm³/mol. The van der Waals surface area contributed by atoms with Crippen molar-refractivity contribution in [2.45, 2.75) is 20.3 Å². The summed E-state index contributed by atoms with van der Waals surface area (Å²) < 4.78 is 0. The van der Waals surface area contributed by atoms with Gasteiger partial charge in [0.25, 0.3) is 5.91 Å². The zero-order valence-corrected chi connectivity index (χ0v) is 10.9. The van der Waals surface area contributed by atoms with E-state index in [9.17, 15) is 4.79 Å². The smallest absolute Gasteiger partial charge is 0.253 e. The van der Waals surface area contributed by atoms with Gasteiger partial charge < -0.3 is 10.0 Å². The number of rotatable bonds is 4. The molecule has 0 aliphatic carbocycles. The Labute approximate surface area is 108 Å². The summed E-state index contributed by atoms with van der Waals surface area (Å²) in [5, 5.41) is 8.66. The number of amides is 1. The summed E-state index contributed by atoms with van der Waals surface area (Å²) in [5.41, 5.74) is 1.47. The topological polar surface area (TPSA) is 40.5 Å². The molecular weight excluding hydrogens is 226 g/mol. The standard InChI is InChI=1S/C15H19NO2/c1-3-16(4-2)15(18)14-10-7-9-13(12-14)8-5-6-11-17/h7,9-10,12,17H,3-4,6,11H2,1-2H3. The van der Waals surface area contributed by atoms with Crippen LogP contribution in [0.2, 0.25) is 0 Å². The Kier molecular flexibility index (Phi) is 5.96. The van der Waals surface area contributed by atoms with E-state index < -0.39 is 0 Å². The highest BCUT2D eigenvalue weighted by Gasteiger charge is 2.11. The number of nitrogens with zero attached hydrogens (tertiary/aromatic N) is 1. The molecule has 96 valence electrons. The lowest BCUT2D eigenvalue weighted by molar-refractivity contribution is 0.0773. The van der Waals surface area contributed by atoms with E-state index in [4.69, 9.17) is 5.11 Å². The van der Waals surface area contributed by atoms with Crippen molar-refractivity contribution >= 4 is 5.91 Å². The third kappa shape index (κ3) is 3.90. The van der Waals surface area contributed by atoms with Crippen molar-refractivity contribution in [1.29, 1.82) is 0 Å². The molecule has 0 aliphatic rings. The van der Waals surface area contributed by atoms with Crippen molar-refractivity contribution in [1.82, 2.24) is 4.90 Å². The van der Waals surface area contributed by atoms with Crippen LogP contribution < -0.4 is 0 Å². The van der Waals surface area contributed by atoms with Crippen LogP contribution in [0.5, 0.6) is 0 Å². The zero-order valence-electron chi connectivity index (χ0n) is 10.9. The van der Waals surface area contributed by atoms with Crippen LogP contribution in [0.4, 0.5) is 0 Å². The van der Waals surface area contributed by atoms with Gasteiger partial charge in [-0.15, -0.1) is 0 Å². The molecule has 0 spiro atoms. The average molecular weight is 245 g/mol.